The molecule has 6 nitrogen and oxygen atoms in total. The number of carboxylic acids is 2. The molecule has 0 aromatic heterocycles. The molecule has 7 heteroatoms. The predicted octanol–water partition coefficient (Wildman–Crippen LogP) is 0.295. The number of carbonyl (C=O) groups is 2. The maximum Gasteiger partial charge on any atom is 0.329 e. The van der Waals surface area contributed by atoms with Crippen molar-refractivity contribution >= 4 is 21.8 Å². The Balaban J connectivity index is 3.35. The third-order valence-electron chi connectivity index (χ3n) is 3.20. The second-order valence-electron chi connectivity index (χ2n) is 4.08. The summed E-state index contributed by atoms with van der Waals surface area (Å²) in [6.45, 7) is 4.79. The maximum atomic E-state index is 11.9. The SMILES string of the molecule is C=C1C[C@@H](C(=O)O)C[C@@]1(C(=O)O)S(=O)(=O)CC. The Labute approximate surface area is 98.9 Å². The van der Waals surface area contributed by atoms with Gasteiger partial charge in [-0.15, -0.1) is 0 Å². The molecule has 1 rings (SSSR count). The second-order valence-corrected chi connectivity index (χ2v) is 6.59. The van der Waals surface area contributed by atoms with Gasteiger partial charge in [0.05, 0.1) is 5.92 Å². The lowest BCUT2D eigenvalue weighted by Crippen LogP contribution is -2.46. The van der Waals surface area contributed by atoms with Gasteiger partial charge < -0.3 is 10.2 Å². The van der Waals surface area contributed by atoms with Crippen LogP contribution >= 0.6 is 0 Å². The Morgan fingerprint density at radius 1 is 1.47 bits per heavy atom. The van der Waals surface area contributed by atoms with Gasteiger partial charge in [0.1, 0.15) is 0 Å². The van der Waals surface area contributed by atoms with E-state index in [1.54, 1.807) is 0 Å². The first kappa shape index (κ1) is 13.7. The normalized spacial score (nSPS) is 29.2. The predicted molar refractivity (Wildman–Crippen MR) is 59.3 cm³/mol. The number of carboxylic acid groups (broad SMARTS) is 2. The standard InChI is InChI=1S/C10H14O6S/c1-3-17(15,16)10(9(13)14)5-7(8(11)12)4-6(10)2/h7H,2-5H2,1H3,(H,11,12)(H,13,14)/t7-,10-/m1/s1. The molecule has 1 aliphatic rings. The van der Waals surface area contributed by atoms with Gasteiger partial charge in [-0.25, -0.2) is 8.42 Å². The van der Waals surface area contributed by atoms with Crippen LogP contribution in [0.5, 0.6) is 0 Å². The third kappa shape index (κ3) is 1.84. The molecule has 0 aliphatic heterocycles. The van der Waals surface area contributed by atoms with Crippen LogP contribution < -0.4 is 0 Å². The average molecular weight is 262 g/mol. The highest BCUT2D eigenvalue weighted by atomic mass is 32.2. The van der Waals surface area contributed by atoms with Crippen LogP contribution in [0.15, 0.2) is 12.2 Å². The Hall–Kier alpha value is -1.37. The molecule has 0 bridgehead atoms. The highest BCUT2D eigenvalue weighted by molar-refractivity contribution is 7.93. The van der Waals surface area contributed by atoms with E-state index in [-0.39, 0.29) is 17.7 Å². The lowest BCUT2D eigenvalue weighted by atomic mass is 10.0. The molecule has 0 heterocycles. The quantitative estimate of drug-likeness (QED) is 0.705. The maximum absolute atomic E-state index is 11.9. The fraction of sp³-hybridized carbons (Fsp3) is 0.600. The van der Waals surface area contributed by atoms with Crippen molar-refractivity contribution in [2.24, 2.45) is 5.92 Å². The summed E-state index contributed by atoms with van der Waals surface area (Å²) in [4.78, 5) is 22.1. The lowest BCUT2D eigenvalue weighted by molar-refractivity contribution is -0.142. The van der Waals surface area contributed by atoms with Gasteiger partial charge in [-0.2, -0.15) is 0 Å². The molecular formula is C10H14O6S. The summed E-state index contributed by atoms with van der Waals surface area (Å²) in [6, 6.07) is 0. The van der Waals surface area contributed by atoms with Crippen molar-refractivity contribution in [2.45, 2.75) is 24.5 Å². The second kappa shape index (κ2) is 4.14. The summed E-state index contributed by atoms with van der Waals surface area (Å²) >= 11 is 0. The van der Waals surface area contributed by atoms with Crippen LogP contribution in [-0.4, -0.2) is 41.1 Å². The van der Waals surface area contributed by atoms with Crippen LogP contribution in [-0.2, 0) is 19.4 Å². The van der Waals surface area contributed by atoms with E-state index in [1.165, 1.54) is 6.92 Å². The van der Waals surface area contributed by atoms with Gasteiger partial charge in [0.15, 0.2) is 14.6 Å². The smallest absolute Gasteiger partial charge is 0.329 e. The largest absolute Gasteiger partial charge is 0.481 e. The zero-order chi connectivity index (χ0) is 13.4. The molecule has 17 heavy (non-hydrogen) atoms. The van der Waals surface area contributed by atoms with Crippen molar-refractivity contribution in [3.8, 4) is 0 Å². The zero-order valence-corrected chi connectivity index (χ0v) is 10.2. The first-order valence-electron chi connectivity index (χ1n) is 5.05. The van der Waals surface area contributed by atoms with Crippen molar-refractivity contribution < 1.29 is 28.2 Å². The van der Waals surface area contributed by atoms with Crippen molar-refractivity contribution in [1.82, 2.24) is 0 Å². The molecule has 1 saturated carbocycles. The Kier molecular flexibility index (Phi) is 3.33. The van der Waals surface area contributed by atoms with E-state index in [0.29, 0.717) is 0 Å². The zero-order valence-electron chi connectivity index (χ0n) is 9.34. The minimum absolute atomic E-state index is 0.0424. The lowest BCUT2D eigenvalue weighted by Gasteiger charge is -2.24. The molecule has 0 radical (unpaired) electrons. The number of hydrogen-bond acceptors (Lipinski definition) is 4. The first-order valence-corrected chi connectivity index (χ1v) is 6.71. The molecule has 0 saturated heterocycles. The van der Waals surface area contributed by atoms with Crippen molar-refractivity contribution in [1.29, 1.82) is 0 Å². The molecule has 2 N–H and O–H groups in total. The molecule has 1 fully saturated rings. The van der Waals surface area contributed by atoms with Crippen LogP contribution in [0.25, 0.3) is 0 Å². The van der Waals surface area contributed by atoms with E-state index in [1.807, 2.05) is 0 Å². The Bertz CT molecular complexity index is 477. The molecule has 0 aromatic carbocycles. The minimum atomic E-state index is -3.94. The topological polar surface area (TPSA) is 109 Å². The number of hydrogen-bond donors (Lipinski definition) is 2. The summed E-state index contributed by atoms with van der Waals surface area (Å²) in [5.41, 5.74) is -0.0424. The van der Waals surface area contributed by atoms with Crippen LogP contribution in [0.2, 0.25) is 0 Å². The van der Waals surface area contributed by atoms with Crippen molar-refractivity contribution in [2.75, 3.05) is 5.75 Å². The fourth-order valence-electron chi connectivity index (χ4n) is 2.17. The van der Waals surface area contributed by atoms with Crippen LogP contribution in [0, 0.1) is 5.92 Å². The van der Waals surface area contributed by atoms with Gasteiger partial charge in [-0.3, -0.25) is 9.59 Å². The highest BCUT2D eigenvalue weighted by Crippen LogP contribution is 2.44. The third-order valence-corrected chi connectivity index (χ3v) is 5.66. The van der Waals surface area contributed by atoms with Gasteiger partial charge in [0.2, 0.25) is 0 Å². The fourth-order valence-corrected chi connectivity index (χ4v) is 3.90. The molecule has 0 spiro atoms. The van der Waals surface area contributed by atoms with Crippen molar-refractivity contribution in [3.05, 3.63) is 12.2 Å². The number of rotatable bonds is 4. The van der Waals surface area contributed by atoms with Gasteiger partial charge >= 0.3 is 11.9 Å². The van der Waals surface area contributed by atoms with Gasteiger partial charge in [-0.05, 0) is 18.4 Å². The molecule has 0 amide bonds. The van der Waals surface area contributed by atoms with Crippen LogP contribution in [0.3, 0.4) is 0 Å². The van der Waals surface area contributed by atoms with E-state index in [4.69, 9.17) is 10.2 Å². The highest BCUT2D eigenvalue weighted by Gasteiger charge is 2.58. The number of aliphatic carboxylic acids is 2. The summed E-state index contributed by atoms with van der Waals surface area (Å²) in [6.07, 6.45) is -0.548. The van der Waals surface area contributed by atoms with E-state index in [0.717, 1.165) is 0 Å². The molecule has 2 atom stereocenters. The first-order chi connectivity index (χ1) is 7.69. The van der Waals surface area contributed by atoms with Crippen LogP contribution in [0.1, 0.15) is 19.8 Å². The summed E-state index contributed by atoms with van der Waals surface area (Å²) in [5, 5.41) is 18.0. The van der Waals surface area contributed by atoms with Crippen LogP contribution in [0.4, 0.5) is 0 Å². The average Bonchev–Trinajstić information content (AvgIpc) is 2.57. The van der Waals surface area contributed by atoms with E-state index in [2.05, 4.69) is 6.58 Å². The van der Waals surface area contributed by atoms with Gasteiger partial charge in [0.25, 0.3) is 0 Å². The summed E-state index contributed by atoms with van der Waals surface area (Å²) in [7, 11) is -3.94. The monoisotopic (exact) mass is 262 g/mol. The van der Waals surface area contributed by atoms with Gasteiger partial charge in [-0.1, -0.05) is 13.5 Å². The van der Waals surface area contributed by atoms with Crippen molar-refractivity contribution in [3.63, 3.8) is 0 Å². The Morgan fingerprint density at radius 2 is 2.00 bits per heavy atom. The van der Waals surface area contributed by atoms with E-state index >= 15 is 0 Å². The molecule has 96 valence electrons. The van der Waals surface area contributed by atoms with E-state index in [9.17, 15) is 18.0 Å². The molecule has 0 unspecified atom stereocenters. The summed E-state index contributed by atoms with van der Waals surface area (Å²) < 4.78 is 21.7. The molecular weight excluding hydrogens is 248 g/mol. The Morgan fingerprint density at radius 3 is 2.29 bits per heavy atom. The minimum Gasteiger partial charge on any atom is -0.481 e. The summed E-state index contributed by atoms with van der Waals surface area (Å²) in [5.74, 6) is -4.08. The van der Waals surface area contributed by atoms with Gasteiger partial charge in [0, 0.05) is 5.75 Å². The molecule has 1 aliphatic carbocycles. The number of sulfone groups is 1. The molecule has 0 aromatic rings. The van der Waals surface area contributed by atoms with E-state index < -0.39 is 38.9 Å².